The zero-order chi connectivity index (χ0) is 55.7. The number of fused-ring (bicyclic) bond motifs is 1. The van der Waals surface area contributed by atoms with Crippen LogP contribution in [0.2, 0.25) is 0 Å². The number of aromatic amines is 1. The van der Waals surface area contributed by atoms with E-state index in [4.69, 9.17) is 28.7 Å². The van der Waals surface area contributed by atoms with Gasteiger partial charge in [0.25, 0.3) is 0 Å². The Hall–Kier alpha value is -8.78. The molecule has 0 bridgehead atoms. The van der Waals surface area contributed by atoms with Gasteiger partial charge in [-0.2, -0.15) is 0 Å². The van der Waals surface area contributed by atoms with Crippen LogP contribution in [0.1, 0.15) is 82.3 Å². The molecule has 0 spiro atoms. The summed E-state index contributed by atoms with van der Waals surface area (Å²) in [5.41, 5.74) is 29.3. The highest BCUT2D eigenvalue weighted by atomic mass is 16.4. The van der Waals surface area contributed by atoms with Crippen molar-refractivity contribution in [3.63, 3.8) is 0 Å². The molecule has 27 nitrogen and oxygen atoms in total. The molecular weight excluding hydrogens is 989 g/mol. The molecule has 0 radical (unpaired) electrons. The zero-order valence-electron chi connectivity index (χ0n) is 42.2. The molecule has 1 saturated heterocycles. The number of primary amides is 1. The number of aromatic nitrogens is 1. The van der Waals surface area contributed by atoms with E-state index < -0.39 is 121 Å². The van der Waals surface area contributed by atoms with Crippen molar-refractivity contribution < 1.29 is 53.1 Å². The molecule has 7 atom stereocenters. The smallest absolute Gasteiger partial charge is 0.326 e. The van der Waals surface area contributed by atoms with E-state index in [2.05, 4.69) is 57.5 Å². The maximum Gasteiger partial charge on any atom is 0.326 e. The molecule has 2 heterocycles. The van der Waals surface area contributed by atoms with Crippen molar-refractivity contribution in [3.8, 4) is 0 Å². The molecular formula is C49H70N16O11. The van der Waals surface area contributed by atoms with Gasteiger partial charge in [-0.25, -0.2) is 4.79 Å². The van der Waals surface area contributed by atoms with Crippen molar-refractivity contribution in [3.05, 3.63) is 71.9 Å². The summed E-state index contributed by atoms with van der Waals surface area (Å²) in [7, 11) is 0. The summed E-state index contributed by atoms with van der Waals surface area (Å²) in [6.45, 7) is 1.18. The van der Waals surface area contributed by atoms with Gasteiger partial charge in [0.15, 0.2) is 11.9 Å². The normalized spacial score (nSPS) is 20.9. The summed E-state index contributed by atoms with van der Waals surface area (Å²) < 4.78 is 0. The lowest BCUT2D eigenvalue weighted by Crippen LogP contribution is -2.60. The first-order valence-electron chi connectivity index (χ1n) is 24.8. The molecule has 2 aromatic carbocycles. The maximum atomic E-state index is 14.6. The number of para-hydroxylation sites is 1. The Labute approximate surface area is 437 Å². The largest absolute Gasteiger partial charge is 0.480 e. The molecule has 3 aromatic rings. The Morgan fingerprint density at radius 3 is 1.92 bits per heavy atom. The van der Waals surface area contributed by atoms with Crippen LogP contribution in [-0.2, 0) is 60.8 Å². The number of amides is 9. The summed E-state index contributed by atoms with van der Waals surface area (Å²) in [6, 6.07) is 5.38. The van der Waals surface area contributed by atoms with E-state index in [1.165, 1.54) is 6.92 Å². The Balaban J connectivity index is 1.78. The van der Waals surface area contributed by atoms with E-state index >= 15 is 0 Å². The summed E-state index contributed by atoms with van der Waals surface area (Å²) in [6.07, 6.45) is -0.265. The lowest BCUT2D eigenvalue weighted by molar-refractivity contribution is -0.142. The number of nitrogens with one attached hydrogen (secondary N) is 9. The average molecular weight is 1060 g/mol. The highest BCUT2D eigenvalue weighted by Gasteiger charge is 2.35. The second-order valence-electron chi connectivity index (χ2n) is 18.1. The van der Waals surface area contributed by atoms with Crippen LogP contribution in [0.4, 0.5) is 0 Å². The number of rotatable bonds is 19. The van der Waals surface area contributed by atoms with E-state index in [1.807, 2.05) is 0 Å². The fourth-order valence-electron chi connectivity index (χ4n) is 8.19. The number of benzene rings is 2. The summed E-state index contributed by atoms with van der Waals surface area (Å²) >= 11 is 0. The SMILES string of the molecule is CC(=O)N[C@H](CCCN=C(N)N)C(=O)N[C@H]1CCC(=O)NCCC[C@@H](C(=O)O)NC(=O)[C@H](Cc2c[nH]c3ccccc23)NC(=O)[C@H](CCCN=C(N)N)NC(=O)[C@@H](Cc2ccccc2)NC(=O)[C@H](CCC(N)=O)NC1=O. The van der Waals surface area contributed by atoms with Crippen molar-refractivity contribution in [2.45, 2.75) is 126 Å². The van der Waals surface area contributed by atoms with Crippen LogP contribution in [0.3, 0.4) is 0 Å². The van der Waals surface area contributed by atoms with Crippen LogP contribution in [0, 0.1) is 0 Å². The number of nitrogens with two attached hydrogens (primary N) is 5. The molecule has 1 fully saturated rings. The van der Waals surface area contributed by atoms with Gasteiger partial charge in [-0.05, 0) is 68.6 Å². The number of carbonyl (C=O) groups excluding carboxylic acids is 9. The summed E-state index contributed by atoms with van der Waals surface area (Å²) in [5, 5.41) is 31.7. The monoisotopic (exact) mass is 1060 g/mol. The predicted molar refractivity (Wildman–Crippen MR) is 279 cm³/mol. The lowest BCUT2D eigenvalue weighted by atomic mass is 10.0. The van der Waals surface area contributed by atoms with Crippen LogP contribution in [0.25, 0.3) is 10.9 Å². The number of carboxylic acids is 1. The first-order chi connectivity index (χ1) is 36.2. The number of nitrogens with zero attached hydrogens (tertiary/aromatic N) is 2. The van der Waals surface area contributed by atoms with E-state index in [9.17, 15) is 53.1 Å². The van der Waals surface area contributed by atoms with Crippen molar-refractivity contribution in [1.82, 2.24) is 47.5 Å². The van der Waals surface area contributed by atoms with Crippen LogP contribution in [0.15, 0.2) is 70.8 Å². The third-order valence-electron chi connectivity index (χ3n) is 12.1. The zero-order valence-corrected chi connectivity index (χ0v) is 42.2. The Morgan fingerprint density at radius 1 is 0.697 bits per heavy atom. The lowest BCUT2D eigenvalue weighted by Gasteiger charge is -2.28. The van der Waals surface area contributed by atoms with Crippen LogP contribution < -0.4 is 71.2 Å². The predicted octanol–water partition coefficient (Wildman–Crippen LogP) is -3.49. The van der Waals surface area contributed by atoms with Crippen LogP contribution in [0.5, 0.6) is 0 Å². The third-order valence-corrected chi connectivity index (χ3v) is 12.1. The number of aliphatic imine (C=N–C) groups is 2. The highest BCUT2D eigenvalue weighted by Crippen LogP contribution is 2.20. The van der Waals surface area contributed by atoms with Crippen LogP contribution in [-0.4, -0.2) is 143 Å². The standard InChI is InChI=1S/C49H70N16O11/c1-27(66)59-32(14-7-22-56-48(51)52)41(69)62-35-18-20-40(68)55-21-9-16-36(47(75)76)63-46(74)38(25-29-26-58-31-13-6-5-12-30(29)31)65-42(70)33(15-8-23-57-49(53)54)60-45(73)37(24-28-10-3-2-4-11-28)64-44(72)34(61-43(35)71)17-19-39(50)67/h2-6,10-13,26,32-38,58H,7-9,14-25H2,1H3,(H2,50,67)(H,55,68)(H,59,66)(H,60,73)(H,61,71)(H,62,69)(H,63,74)(H,64,72)(H,65,70)(H,75,76)(H4,51,52,56)(H4,53,54,57)/t32-,33+,34+,35+,36+,37-,38+/m1/s1. The van der Waals surface area contributed by atoms with Gasteiger partial charge in [-0.3, -0.25) is 53.1 Å². The fourth-order valence-corrected chi connectivity index (χ4v) is 8.19. The minimum atomic E-state index is -1.60. The second-order valence-corrected chi connectivity index (χ2v) is 18.1. The molecule has 1 aliphatic rings. The molecule has 9 amide bonds. The number of aliphatic carboxylic acids is 1. The number of carbonyl (C=O) groups is 10. The van der Waals surface area contributed by atoms with Crippen molar-refractivity contribution in [2.75, 3.05) is 19.6 Å². The number of H-pyrrole nitrogens is 1. The molecule has 0 aliphatic carbocycles. The maximum absolute atomic E-state index is 14.6. The minimum absolute atomic E-state index is 0.00680. The second kappa shape index (κ2) is 30.4. The van der Waals surface area contributed by atoms with Crippen LogP contribution >= 0.6 is 0 Å². The van der Waals surface area contributed by atoms with Gasteiger partial charge >= 0.3 is 5.97 Å². The molecule has 0 unspecified atom stereocenters. The van der Waals surface area contributed by atoms with Gasteiger partial charge < -0.3 is 81.3 Å². The van der Waals surface area contributed by atoms with Crippen molar-refractivity contribution in [2.24, 2.45) is 38.7 Å². The van der Waals surface area contributed by atoms with E-state index in [0.29, 0.717) is 11.1 Å². The molecule has 20 N–H and O–H groups in total. The van der Waals surface area contributed by atoms with E-state index in [1.54, 1.807) is 60.8 Å². The van der Waals surface area contributed by atoms with Gasteiger partial charge in [0.05, 0.1) is 0 Å². The topological polar surface area (TPSA) is 458 Å². The quantitative estimate of drug-likeness (QED) is 0.0315. The number of hydrogen-bond acceptors (Lipinski definition) is 12. The molecule has 1 aromatic heterocycles. The first kappa shape index (κ1) is 59.8. The molecule has 0 saturated carbocycles. The van der Waals surface area contributed by atoms with Gasteiger partial charge in [0.2, 0.25) is 53.2 Å². The van der Waals surface area contributed by atoms with E-state index in [0.717, 1.165) is 10.9 Å². The van der Waals surface area contributed by atoms with E-state index in [-0.39, 0.29) is 89.3 Å². The van der Waals surface area contributed by atoms with Gasteiger partial charge in [0.1, 0.15) is 42.3 Å². The van der Waals surface area contributed by atoms with Gasteiger partial charge in [-0.1, -0.05) is 48.5 Å². The van der Waals surface area contributed by atoms with Gasteiger partial charge in [0, 0.05) is 69.3 Å². The van der Waals surface area contributed by atoms with Crippen molar-refractivity contribution in [1.29, 1.82) is 0 Å². The molecule has 27 heteroatoms. The molecule has 4 rings (SSSR count). The number of carboxylic acid groups (broad SMARTS) is 1. The number of guanidine groups is 2. The average Bonchev–Trinajstić information content (AvgIpc) is 3.78. The highest BCUT2D eigenvalue weighted by molar-refractivity contribution is 5.98. The molecule has 1 aliphatic heterocycles. The summed E-state index contributed by atoms with van der Waals surface area (Å²) in [4.78, 5) is 147. The fraction of sp³-hybridized carbons (Fsp3) is 0.469. The molecule has 76 heavy (non-hydrogen) atoms. The first-order valence-corrected chi connectivity index (χ1v) is 24.8. The Kier molecular flexibility index (Phi) is 23.9. The minimum Gasteiger partial charge on any atom is -0.480 e. The van der Waals surface area contributed by atoms with Crippen molar-refractivity contribution >= 4 is 82.0 Å². The Morgan fingerprint density at radius 2 is 1.28 bits per heavy atom. The molecule has 412 valence electrons. The third kappa shape index (κ3) is 20.6. The van der Waals surface area contributed by atoms with Gasteiger partial charge in [-0.15, -0.1) is 0 Å². The number of hydrogen-bond donors (Lipinski definition) is 15. The Bertz CT molecular complexity index is 2580. The summed E-state index contributed by atoms with van der Waals surface area (Å²) in [5.74, 6) is -9.41.